The largest absolute Gasteiger partial charge is 0.480 e. The van der Waals surface area contributed by atoms with E-state index >= 15 is 0 Å². The van der Waals surface area contributed by atoms with E-state index in [-0.39, 0.29) is 0 Å². The lowest BCUT2D eigenvalue weighted by atomic mass is 9.92. The number of thiophene rings is 1. The molecule has 20 heavy (non-hydrogen) atoms. The zero-order chi connectivity index (χ0) is 14.2. The van der Waals surface area contributed by atoms with Gasteiger partial charge < -0.3 is 19.9 Å². The van der Waals surface area contributed by atoms with Crippen molar-refractivity contribution in [2.45, 2.75) is 37.5 Å². The van der Waals surface area contributed by atoms with Gasteiger partial charge in [0.1, 0.15) is 6.04 Å². The van der Waals surface area contributed by atoms with Gasteiger partial charge in [-0.15, -0.1) is 11.3 Å². The van der Waals surface area contributed by atoms with E-state index < -0.39 is 17.8 Å². The summed E-state index contributed by atoms with van der Waals surface area (Å²) in [5.41, 5.74) is 1.13. The van der Waals surface area contributed by atoms with E-state index in [1.165, 1.54) is 4.88 Å². The molecule has 1 saturated heterocycles. The van der Waals surface area contributed by atoms with Gasteiger partial charge in [-0.1, -0.05) is 0 Å². The van der Waals surface area contributed by atoms with Crippen molar-refractivity contribution < 1.29 is 19.4 Å². The van der Waals surface area contributed by atoms with Crippen LogP contribution in [0.2, 0.25) is 0 Å². The molecular weight excluding hydrogens is 278 g/mol. The summed E-state index contributed by atoms with van der Waals surface area (Å²) in [6.45, 7) is 1.28. The van der Waals surface area contributed by atoms with Gasteiger partial charge in [0.15, 0.2) is 5.79 Å². The van der Waals surface area contributed by atoms with Crippen molar-refractivity contribution in [2.75, 3.05) is 20.3 Å². The number of hydrogen-bond donors (Lipinski definition) is 2. The quantitative estimate of drug-likeness (QED) is 0.881. The molecule has 1 fully saturated rings. The van der Waals surface area contributed by atoms with Crippen LogP contribution in [0.3, 0.4) is 0 Å². The molecule has 0 saturated carbocycles. The van der Waals surface area contributed by atoms with Crippen LogP contribution in [0.1, 0.15) is 28.2 Å². The molecule has 1 unspecified atom stereocenters. The minimum Gasteiger partial charge on any atom is -0.480 e. The van der Waals surface area contributed by atoms with Gasteiger partial charge in [-0.3, -0.25) is 4.79 Å². The molecule has 1 aromatic heterocycles. The minimum absolute atomic E-state index is 0.500. The van der Waals surface area contributed by atoms with Crippen LogP contribution >= 0.6 is 11.3 Å². The fraction of sp³-hybridized carbons (Fsp3) is 0.643. The highest BCUT2D eigenvalue weighted by Gasteiger charge is 2.43. The molecule has 110 valence electrons. The van der Waals surface area contributed by atoms with E-state index in [0.29, 0.717) is 19.6 Å². The molecule has 1 atom stereocenters. The number of ether oxygens (including phenoxy) is 2. The Kier molecular flexibility index (Phi) is 3.81. The van der Waals surface area contributed by atoms with Crippen LogP contribution in [-0.2, 0) is 32.9 Å². The monoisotopic (exact) mass is 297 g/mol. The van der Waals surface area contributed by atoms with Crippen LogP contribution in [0, 0.1) is 0 Å². The fourth-order valence-electron chi connectivity index (χ4n) is 2.98. The molecule has 5 nitrogen and oxygen atoms in total. The molecule has 2 heterocycles. The molecule has 1 aromatic rings. The second kappa shape index (κ2) is 5.44. The lowest BCUT2D eigenvalue weighted by Gasteiger charge is -2.31. The summed E-state index contributed by atoms with van der Waals surface area (Å²) in [6, 6.07) is 1.54. The predicted molar refractivity (Wildman–Crippen MR) is 75.0 cm³/mol. The Morgan fingerprint density at radius 1 is 1.55 bits per heavy atom. The summed E-state index contributed by atoms with van der Waals surface area (Å²) in [6.07, 6.45) is 3.48. The number of carboxylic acids is 1. The van der Waals surface area contributed by atoms with E-state index in [2.05, 4.69) is 11.4 Å². The van der Waals surface area contributed by atoms with Crippen molar-refractivity contribution in [2.24, 2.45) is 0 Å². The number of nitrogens with one attached hydrogen (secondary N) is 1. The van der Waals surface area contributed by atoms with Crippen LogP contribution in [0.4, 0.5) is 0 Å². The zero-order valence-corrected chi connectivity index (χ0v) is 12.3. The number of rotatable bonds is 4. The Bertz CT molecular complexity index is 507. The maximum absolute atomic E-state index is 11.1. The maximum Gasteiger partial charge on any atom is 0.321 e. The lowest BCUT2D eigenvalue weighted by Crippen LogP contribution is -2.35. The first kappa shape index (κ1) is 14.0. The first-order chi connectivity index (χ1) is 9.64. The standard InChI is InChI=1S/C14H19NO4S/c1-15-11(13(16)17)8-9-7-10-12(20-9)3-2-4-14(10)18-5-6-19-14/h7,11,15H,2-6,8H2,1H3,(H,16,17). The van der Waals surface area contributed by atoms with Crippen molar-refractivity contribution in [1.29, 1.82) is 0 Å². The number of fused-ring (bicyclic) bond motifs is 2. The molecule has 1 aliphatic heterocycles. The third-order valence-corrected chi connectivity index (χ3v) is 5.20. The Morgan fingerprint density at radius 2 is 2.30 bits per heavy atom. The molecule has 2 aliphatic rings. The zero-order valence-electron chi connectivity index (χ0n) is 11.5. The normalized spacial score (nSPS) is 21.9. The van der Waals surface area contributed by atoms with Crippen molar-refractivity contribution in [3.63, 3.8) is 0 Å². The lowest BCUT2D eigenvalue weighted by molar-refractivity contribution is -0.175. The summed E-state index contributed by atoms with van der Waals surface area (Å²) >= 11 is 1.69. The average Bonchev–Trinajstić information content (AvgIpc) is 3.04. The highest BCUT2D eigenvalue weighted by Crippen LogP contribution is 2.45. The Morgan fingerprint density at radius 3 is 2.95 bits per heavy atom. The molecular formula is C14H19NO4S. The second-order valence-corrected chi connectivity index (χ2v) is 6.46. The van der Waals surface area contributed by atoms with Gasteiger partial charge >= 0.3 is 5.97 Å². The Hall–Kier alpha value is -0.950. The van der Waals surface area contributed by atoms with Gasteiger partial charge in [-0.05, 0) is 26.0 Å². The van der Waals surface area contributed by atoms with Crippen LogP contribution in [0.15, 0.2) is 6.07 Å². The van der Waals surface area contributed by atoms with Crippen molar-refractivity contribution >= 4 is 17.3 Å². The molecule has 1 aliphatic carbocycles. The average molecular weight is 297 g/mol. The van der Waals surface area contributed by atoms with Crippen LogP contribution in [-0.4, -0.2) is 37.4 Å². The Balaban J connectivity index is 1.86. The molecule has 0 radical (unpaired) electrons. The fourth-order valence-corrected chi connectivity index (χ4v) is 4.29. The Labute approximate surface area is 121 Å². The van der Waals surface area contributed by atoms with Gasteiger partial charge in [-0.25, -0.2) is 0 Å². The third-order valence-electron chi connectivity index (χ3n) is 3.99. The summed E-state index contributed by atoms with van der Waals surface area (Å²) in [7, 11) is 1.68. The van der Waals surface area contributed by atoms with E-state index in [9.17, 15) is 4.79 Å². The minimum atomic E-state index is -0.818. The first-order valence-electron chi connectivity index (χ1n) is 6.95. The van der Waals surface area contributed by atoms with Crippen LogP contribution in [0.25, 0.3) is 0 Å². The number of likely N-dealkylation sites (N-methyl/N-ethyl adjacent to an activating group) is 1. The van der Waals surface area contributed by atoms with Gasteiger partial charge in [0.2, 0.25) is 0 Å². The summed E-state index contributed by atoms with van der Waals surface area (Å²) in [4.78, 5) is 13.5. The van der Waals surface area contributed by atoms with Gasteiger partial charge in [0, 0.05) is 28.2 Å². The SMILES string of the molecule is CNC(Cc1cc2c(s1)CCCC21OCCO1)C(=O)O. The number of carbonyl (C=O) groups is 1. The molecule has 0 aromatic carbocycles. The van der Waals surface area contributed by atoms with Crippen LogP contribution in [0.5, 0.6) is 0 Å². The molecule has 0 bridgehead atoms. The summed E-state index contributed by atoms with van der Waals surface area (Å²) < 4.78 is 11.7. The van der Waals surface area contributed by atoms with Gasteiger partial charge in [-0.2, -0.15) is 0 Å². The predicted octanol–water partition coefficient (Wildman–Crippen LogP) is 1.50. The van der Waals surface area contributed by atoms with E-state index in [4.69, 9.17) is 14.6 Å². The summed E-state index contributed by atoms with van der Waals surface area (Å²) in [5.74, 6) is -1.37. The van der Waals surface area contributed by atoms with Crippen molar-refractivity contribution in [3.05, 3.63) is 21.4 Å². The first-order valence-corrected chi connectivity index (χ1v) is 7.76. The van der Waals surface area contributed by atoms with Gasteiger partial charge in [0.05, 0.1) is 13.2 Å². The topological polar surface area (TPSA) is 67.8 Å². The van der Waals surface area contributed by atoms with E-state index in [0.717, 1.165) is 29.7 Å². The number of aryl methyl sites for hydroxylation is 1. The third kappa shape index (κ3) is 2.37. The molecule has 1 spiro atoms. The molecule has 0 amide bonds. The maximum atomic E-state index is 11.1. The number of aliphatic carboxylic acids is 1. The van der Waals surface area contributed by atoms with E-state index in [1.807, 2.05) is 0 Å². The van der Waals surface area contributed by atoms with Gasteiger partial charge in [0.25, 0.3) is 0 Å². The van der Waals surface area contributed by atoms with Crippen molar-refractivity contribution in [1.82, 2.24) is 5.32 Å². The van der Waals surface area contributed by atoms with Crippen molar-refractivity contribution in [3.8, 4) is 0 Å². The molecule has 6 heteroatoms. The molecule has 3 rings (SSSR count). The second-order valence-electron chi connectivity index (χ2n) is 5.24. The highest BCUT2D eigenvalue weighted by molar-refractivity contribution is 7.12. The summed E-state index contributed by atoms with van der Waals surface area (Å²) in [5, 5.41) is 12.0. The number of carboxylic acid groups (broad SMARTS) is 1. The highest BCUT2D eigenvalue weighted by atomic mass is 32.1. The number of hydrogen-bond acceptors (Lipinski definition) is 5. The smallest absolute Gasteiger partial charge is 0.321 e. The van der Waals surface area contributed by atoms with Crippen LogP contribution < -0.4 is 5.32 Å². The van der Waals surface area contributed by atoms with E-state index in [1.54, 1.807) is 18.4 Å². The molecule has 2 N–H and O–H groups in total.